The first-order valence-electron chi connectivity index (χ1n) is 8.49. The molecular formula is C21H21N3O2S. The van der Waals surface area contributed by atoms with Gasteiger partial charge in [0.15, 0.2) is 0 Å². The molecule has 3 rings (SSSR count). The van der Waals surface area contributed by atoms with Gasteiger partial charge in [-0.05, 0) is 38.1 Å². The fourth-order valence-corrected chi connectivity index (χ4v) is 3.26. The number of nitrogens with zero attached hydrogens (tertiary/aromatic N) is 1. The quantitative estimate of drug-likeness (QED) is 0.402. The van der Waals surface area contributed by atoms with Crippen LogP contribution in [0.4, 0.5) is 5.69 Å². The van der Waals surface area contributed by atoms with Crippen LogP contribution in [0.25, 0.3) is 0 Å². The van der Waals surface area contributed by atoms with Gasteiger partial charge in [-0.15, -0.1) is 4.83 Å². The number of rotatable bonds is 5. The minimum absolute atomic E-state index is 0.177. The van der Waals surface area contributed by atoms with E-state index in [4.69, 9.17) is 0 Å². The Morgan fingerprint density at radius 3 is 1.93 bits per heavy atom. The highest BCUT2D eigenvalue weighted by atomic mass is 32.2. The molecule has 2 N–H and O–H groups in total. The van der Waals surface area contributed by atoms with E-state index in [1.807, 2.05) is 62.4 Å². The summed E-state index contributed by atoms with van der Waals surface area (Å²) in [4.78, 5) is 7.16. The third-order valence-corrected chi connectivity index (χ3v) is 5.22. The molecule has 27 heavy (non-hydrogen) atoms. The molecule has 0 amide bonds. The van der Waals surface area contributed by atoms with Crippen LogP contribution in [-0.4, -0.2) is 14.3 Å². The number of benzene rings is 3. The van der Waals surface area contributed by atoms with Crippen molar-refractivity contribution in [1.82, 2.24) is 10.3 Å². The van der Waals surface area contributed by atoms with Gasteiger partial charge in [0.05, 0.1) is 10.6 Å². The van der Waals surface area contributed by atoms with Gasteiger partial charge in [-0.1, -0.05) is 65.7 Å². The molecule has 0 saturated carbocycles. The van der Waals surface area contributed by atoms with Crippen LogP contribution in [0, 0.1) is 13.8 Å². The van der Waals surface area contributed by atoms with Crippen molar-refractivity contribution in [3.8, 4) is 0 Å². The van der Waals surface area contributed by atoms with Crippen LogP contribution in [0.1, 0.15) is 16.7 Å². The van der Waals surface area contributed by atoms with Crippen molar-refractivity contribution in [3.05, 3.63) is 95.6 Å². The Bertz CT molecular complexity index is 1030. The molecule has 138 valence electrons. The number of hydrogen-bond donors (Lipinski definition) is 2. The van der Waals surface area contributed by atoms with E-state index in [0.717, 1.165) is 22.4 Å². The Kier molecular flexibility index (Phi) is 5.69. The van der Waals surface area contributed by atoms with Crippen molar-refractivity contribution in [1.29, 1.82) is 0 Å². The topological polar surface area (TPSA) is 70.6 Å². The Balaban J connectivity index is 1.90. The van der Waals surface area contributed by atoms with Gasteiger partial charge in [0, 0.05) is 5.56 Å². The molecule has 0 atom stereocenters. The van der Waals surface area contributed by atoms with E-state index in [-0.39, 0.29) is 4.90 Å². The molecule has 0 heterocycles. The summed E-state index contributed by atoms with van der Waals surface area (Å²) in [6.45, 7) is 3.99. The van der Waals surface area contributed by atoms with E-state index in [9.17, 15) is 8.42 Å². The molecule has 0 aliphatic heterocycles. The first-order chi connectivity index (χ1) is 12.9. The maximum absolute atomic E-state index is 12.5. The van der Waals surface area contributed by atoms with Crippen LogP contribution >= 0.6 is 0 Å². The molecule has 0 fully saturated rings. The predicted molar refractivity (Wildman–Crippen MR) is 108 cm³/mol. The highest BCUT2D eigenvalue weighted by Gasteiger charge is 2.14. The number of amidine groups is 1. The van der Waals surface area contributed by atoms with Crippen molar-refractivity contribution in [2.45, 2.75) is 18.7 Å². The van der Waals surface area contributed by atoms with E-state index in [1.165, 1.54) is 12.1 Å². The van der Waals surface area contributed by atoms with Gasteiger partial charge >= 0.3 is 0 Å². The van der Waals surface area contributed by atoms with Gasteiger partial charge in [-0.2, -0.15) is 0 Å². The third kappa shape index (κ3) is 5.03. The molecule has 0 unspecified atom stereocenters. The van der Waals surface area contributed by atoms with Gasteiger partial charge in [-0.25, -0.2) is 13.4 Å². The van der Waals surface area contributed by atoms with Crippen molar-refractivity contribution in [2.75, 3.05) is 0 Å². The summed E-state index contributed by atoms with van der Waals surface area (Å²) in [5.41, 5.74) is 6.51. The van der Waals surface area contributed by atoms with Gasteiger partial charge in [0.25, 0.3) is 10.0 Å². The molecule has 5 nitrogen and oxygen atoms in total. The largest absolute Gasteiger partial charge is 0.291 e. The normalized spacial score (nSPS) is 12.0. The van der Waals surface area contributed by atoms with E-state index in [1.54, 1.807) is 18.2 Å². The van der Waals surface area contributed by atoms with E-state index in [0.29, 0.717) is 5.84 Å². The fraction of sp³-hybridized carbons (Fsp3) is 0.0952. The molecule has 0 aliphatic carbocycles. The summed E-state index contributed by atoms with van der Waals surface area (Å²) in [5, 5.41) is 0. The van der Waals surface area contributed by atoms with Gasteiger partial charge < -0.3 is 0 Å². The summed E-state index contributed by atoms with van der Waals surface area (Å²) >= 11 is 0. The molecule has 0 aliphatic rings. The zero-order chi connectivity index (χ0) is 19.3. The maximum atomic E-state index is 12.5. The lowest BCUT2D eigenvalue weighted by atomic mass is 10.1. The summed E-state index contributed by atoms with van der Waals surface area (Å²) < 4.78 is 25.0. The Labute approximate surface area is 159 Å². The van der Waals surface area contributed by atoms with Crippen LogP contribution in [-0.2, 0) is 10.0 Å². The molecule has 0 saturated heterocycles. The number of aliphatic imine (C=N–C) groups is 1. The SMILES string of the molecule is Cc1ccc(N=C(NNS(=O)(=O)c2ccccc2)c2ccc(C)cc2)cc1. The Morgan fingerprint density at radius 1 is 0.778 bits per heavy atom. The number of sulfonamides is 1. The van der Waals surface area contributed by atoms with Crippen LogP contribution in [0.15, 0.2) is 88.8 Å². The number of hydrazine groups is 1. The second-order valence-corrected chi connectivity index (χ2v) is 7.89. The summed E-state index contributed by atoms with van der Waals surface area (Å²) in [6, 6.07) is 23.6. The van der Waals surface area contributed by atoms with Crippen LogP contribution < -0.4 is 10.3 Å². The van der Waals surface area contributed by atoms with Crippen molar-refractivity contribution < 1.29 is 8.42 Å². The predicted octanol–water partition coefficient (Wildman–Crippen LogP) is 3.86. The van der Waals surface area contributed by atoms with Gasteiger partial charge in [0.2, 0.25) is 0 Å². The fourth-order valence-electron chi connectivity index (χ4n) is 2.40. The molecule has 0 bridgehead atoms. The standard InChI is InChI=1S/C21H21N3O2S/c1-16-8-12-18(13-9-16)21(22-19-14-10-17(2)11-15-19)23-24-27(25,26)20-6-4-3-5-7-20/h3-15,24H,1-2H3,(H,22,23). The smallest absolute Gasteiger partial charge is 0.257 e. The maximum Gasteiger partial charge on any atom is 0.257 e. The van der Waals surface area contributed by atoms with E-state index < -0.39 is 10.0 Å². The highest BCUT2D eigenvalue weighted by molar-refractivity contribution is 7.89. The van der Waals surface area contributed by atoms with Crippen LogP contribution in [0.3, 0.4) is 0 Å². The van der Waals surface area contributed by atoms with Crippen molar-refractivity contribution in [3.63, 3.8) is 0 Å². The molecule has 0 radical (unpaired) electrons. The molecule has 3 aromatic rings. The summed E-state index contributed by atoms with van der Waals surface area (Å²) in [7, 11) is -3.71. The number of nitrogens with one attached hydrogen (secondary N) is 2. The molecule has 0 spiro atoms. The zero-order valence-corrected chi connectivity index (χ0v) is 16.0. The average molecular weight is 379 g/mol. The third-order valence-electron chi connectivity index (χ3n) is 3.96. The van der Waals surface area contributed by atoms with Crippen molar-refractivity contribution >= 4 is 21.5 Å². The number of hydrogen-bond acceptors (Lipinski definition) is 3. The Morgan fingerprint density at radius 2 is 1.33 bits per heavy atom. The van der Waals surface area contributed by atoms with Crippen LogP contribution in [0.2, 0.25) is 0 Å². The average Bonchev–Trinajstić information content (AvgIpc) is 2.68. The first kappa shape index (κ1) is 18.8. The minimum atomic E-state index is -3.71. The van der Waals surface area contributed by atoms with Gasteiger partial charge in [-0.3, -0.25) is 5.43 Å². The molecule has 0 aromatic heterocycles. The first-order valence-corrected chi connectivity index (χ1v) is 9.98. The van der Waals surface area contributed by atoms with Gasteiger partial charge in [0.1, 0.15) is 5.84 Å². The molecular weight excluding hydrogens is 358 g/mol. The second-order valence-electron chi connectivity index (χ2n) is 6.21. The van der Waals surface area contributed by atoms with E-state index >= 15 is 0 Å². The lowest BCUT2D eigenvalue weighted by Crippen LogP contribution is -2.42. The molecule has 6 heteroatoms. The van der Waals surface area contributed by atoms with Crippen LogP contribution in [0.5, 0.6) is 0 Å². The lowest BCUT2D eigenvalue weighted by Gasteiger charge is -2.13. The lowest BCUT2D eigenvalue weighted by molar-refractivity contribution is 0.577. The minimum Gasteiger partial charge on any atom is -0.291 e. The van der Waals surface area contributed by atoms with Crippen molar-refractivity contribution in [2.24, 2.45) is 4.99 Å². The van der Waals surface area contributed by atoms with E-state index in [2.05, 4.69) is 15.2 Å². The zero-order valence-electron chi connectivity index (χ0n) is 15.2. The highest BCUT2D eigenvalue weighted by Crippen LogP contribution is 2.15. The monoisotopic (exact) mass is 379 g/mol. The summed E-state index contributed by atoms with van der Waals surface area (Å²) in [6.07, 6.45) is 0. The Hall–Kier alpha value is -2.96. The summed E-state index contributed by atoms with van der Waals surface area (Å²) in [5.74, 6) is 0.415. The number of aryl methyl sites for hydroxylation is 2. The second kappa shape index (κ2) is 8.16. The molecule has 3 aromatic carbocycles.